The molecule has 0 fully saturated rings. The first-order valence-corrected chi connectivity index (χ1v) is 8.61. The topological polar surface area (TPSA) is 3.24 Å². The quantitative estimate of drug-likeness (QED) is 0.634. The molecule has 2 aromatic carbocycles. The lowest BCUT2D eigenvalue weighted by atomic mass is 10.2. The van der Waals surface area contributed by atoms with Crippen LogP contribution in [-0.4, -0.2) is 4.71 Å². The summed E-state index contributed by atoms with van der Waals surface area (Å²) in [5, 5.41) is 1.55. The van der Waals surface area contributed by atoms with Gasteiger partial charge < -0.3 is 4.90 Å². The zero-order chi connectivity index (χ0) is 13.7. The van der Waals surface area contributed by atoms with Crippen molar-refractivity contribution in [1.29, 1.82) is 0 Å². The van der Waals surface area contributed by atoms with Crippen LogP contribution in [0.2, 0.25) is 10.0 Å². The van der Waals surface area contributed by atoms with E-state index >= 15 is 0 Å². The number of rotatable bonds is 1. The molecule has 2 heterocycles. The number of fused-ring (bicyclic) bond motifs is 3. The van der Waals surface area contributed by atoms with Crippen LogP contribution in [0.15, 0.2) is 53.6 Å². The first kappa shape index (κ1) is 13.0. The maximum atomic E-state index is 6.11. The summed E-state index contributed by atoms with van der Waals surface area (Å²) in [7, 11) is 0. The highest BCUT2D eigenvalue weighted by Crippen LogP contribution is 2.55. The van der Waals surface area contributed by atoms with Crippen LogP contribution in [0.25, 0.3) is 4.91 Å². The SMILES string of the molecule is Clc1ccc(C2=CN3c4cc(Cl)ccc4SC3S2)cc1. The smallest absolute Gasteiger partial charge is 0.135 e. The van der Waals surface area contributed by atoms with Gasteiger partial charge in [0.1, 0.15) is 4.71 Å². The molecule has 0 N–H and O–H groups in total. The van der Waals surface area contributed by atoms with Crippen molar-refractivity contribution in [3.05, 3.63) is 64.3 Å². The van der Waals surface area contributed by atoms with Crippen LogP contribution in [0.5, 0.6) is 0 Å². The van der Waals surface area contributed by atoms with Gasteiger partial charge in [-0.2, -0.15) is 0 Å². The maximum absolute atomic E-state index is 6.11. The summed E-state index contributed by atoms with van der Waals surface area (Å²) >= 11 is 15.8. The Balaban J connectivity index is 1.71. The predicted octanol–water partition coefficient (Wildman–Crippen LogP) is 5.93. The third kappa shape index (κ3) is 2.13. The summed E-state index contributed by atoms with van der Waals surface area (Å²) in [6.07, 6.45) is 2.20. The Morgan fingerprint density at radius 3 is 2.45 bits per heavy atom. The molecule has 5 heteroatoms. The van der Waals surface area contributed by atoms with E-state index in [1.54, 1.807) is 0 Å². The Bertz CT molecular complexity index is 712. The van der Waals surface area contributed by atoms with Gasteiger partial charge >= 0.3 is 0 Å². The molecule has 2 aromatic rings. The third-order valence-corrected chi connectivity index (χ3v) is 6.38. The Labute approximate surface area is 135 Å². The zero-order valence-corrected chi connectivity index (χ0v) is 13.4. The molecule has 1 atom stereocenters. The normalized spacial score (nSPS) is 19.8. The Morgan fingerprint density at radius 2 is 1.65 bits per heavy atom. The lowest BCUT2D eigenvalue weighted by Crippen LogP contribution is -2.14. The fourth-order valence-corrected chi connectivity index (χ4v) is 5.30. The standard InChI is InChI=1S/C15H9Cl2NS2/c16-10-3-1-9(2-4-10)14-8-18-12-7-11(17)5-6-13(12)19-15(18)20-14/h1-8,15H. The van der Waals surface area contributed by atoms with E-state index in [2.05, 4.69) is 29.3 Å². The van der Waals surface area contributed by atoms with Gasteiger partial charge in [-0.15, -0.1) is 0 Å². The van der Waals surface area contributed by atoms with Gasteiger partial charge in [0.2, 0.25) is 0 Å². The number of thioether (sulfide) groups is 2. The van der Waals surface area contributed by atoms with E-state index < -0.39 is 0 Å². The Morgan fingerprint density at radius 1 is 0.900 bits per heavy atom. The summed E-state index contributed by atoms with van der Waals surface area (Å²) < 4.78 is 0.370. The van der Waals surface area contributed by atoms with Crippen LogP contribution in [0.4, 0.5) is 5.69 Å². The van der Waals surface area contributed by atoms with Crippen molar-refractivity contribution in [1.82, 2.24) is 0 Å². The van der Waals surface area contributed by atoms with Crippen LogP contribution in [0, 0.1) is 0 Å². The molecule has 0 spiro atoms. The molecule has 4 rings (SSSR count). The number of hydrogen-bond acceptors (Lipinski definition) is 3. The second kappa shape index (κ2) is 4.92. The summed E-state index contributed by atoms with van der Waals surface area (Å²) in [5.41, 5.74) is 2.40. The molecule has 0 amide bonds. The van der Waals surface area contributed by atoms with Crippen molar-refractivity contribution in [2.45, 2.75) is 9.60 Å². The van der Waals surface area contributed by atoms with E-state index in [0.717, 1.165) is 10.0 Å². The van der Waals surface area contributed by atoms with E-state index in [1.807, 2.05) is 47.8 Å². The molecule has 0 radical (unpaired) electrons. The number of halogens is 2. The average molecular weight is 338 g/mol. The highest BCUT2D eigenvalue weighted by atomic mass is 35.5. The first-order chi connectivity index (χ1) is 9.70. The Kier molecular flexibility index (Phi) is 3.19. The van der Waals surface area contributed by atoms with Gasteiger partial charge in [0.25, 0.3) is 0 Å². The van der Waals surface area contributed by atoms with E-state index in [9.17, 15) is 0 Å². The lowest BCUT2D eigenvalue weighted by Gasteiger charge is -2.14. The molecule has 0 aromatic heterocycles. The molecular weight excluding hydrogens is 329 g/mol. The van der Waals surface area contributed by atoms with Crippen molar-refractivity contribution in [2.24, 2.45) is 0 Å². The minimum Gasteiger partial charge on any atom is -0.324 e. The first-order valence-electron chi connectivity index (χ1n) is 6.10. The van der Waals surface area contributed by atoms with Gasteiger partial charge in [-0.25, -0.2) is 0 Å². The van der Waals surface area contributed by atoms with Crippen molar-refractivity contribution in [3.8, 4) is 0 Å². The van der Waals surface area contributed by atoms with Gasteiger partial charge in [0.05, 0.1) is 5.69 Å². The fourth-order valence-electron chi connectivity index (χ4n) is 2.30. The summed E-state index contributed by atoms with van der Waals surface area (Å²) in [5.74, 6) is 0. The Hall–Kier alpha value is -0.740. The molecule has 2 aliphatic heterocycles. The third-order valence-electron chi connectivity index (χ3n) is 3.27. The van der Waals surface area contributed by atoms with Crippen LogP contribution in [0.1, 0.15) is 5.56 Å². The predicted molar refractivity (Wildman–Crippen MR) is 90.6 cm³/mol. The van der Waals surface area contributed by atoms with Gasteiger partial charge in [-0.05, 0) is 35.9 Å². The fraction of sp³-hybridized carbons (Fsp3) is 0.0667. The second-order valence-corrected chi connectivity index (χ2v) is 7.98. The molecular formula is C15H9Cl2NS2. The molecule has 0 saturated heterocycles. The van der Waals surface area contributed by atoms with Gasteiger partial charge in [0, 0.05) is 26.0 Å². The second-order valence-electron chi connectivity index (χ2n) is 4.56. The minimum atomic E-state index is 0.370. The van der Waals surface area contributed by atoms with Crippen LogP contribution < -0.4 is 4.90 Å². The van der Waals surface area contributed by atoms with Crippen molar-refractivity contribution in [3.63, 3.8) is 0 Å². The average Bonchev–Trinajstić information content (AvgIpc) is 2.98. The molecule has 0 aliphatic carbocycles. The molecule has 100 valence electrons. The molecule has 0 saturated carbocycles. The highest BCUT2D eigenvalue weighted by Gasteiger charge is 2.35. The van der Waals surface area contributed by atoms with Crippen LogP contribution >= 0.6 is 46.7 Å². The number of nitrogens with zero attached hydrogens (tertiary/aromatic N) is 1. The van der Waals surface area contributed by atoms with Crippen LogP contribution in [0.3, 0.4) is 0 Å². The maximum Gasteiger partial charge on any atom is 0.135 e. The number of benzene rings is 2. The van der Waals surface area contributed by atoms with E-state index in [-0.39, 0.29) is 0 Å². The largest absolute Gasteiger partial charge is 0.324 e. The molecule has 1 unspecified atom stereocenters. The number of anilines is 1. The van der Waals surface area contributed by atoms with Crippen molar-refractivity contribution in [2.75, 3.05) is 4.90 Å². The summed E-state index contributed by atoms with van der Waals surface area (Å²) in [6, 6.07) is 14.1. The van der Waals surface area contributed by atoms with E-state index in [0.29, 0.717) is 4.71 Å². The van der Waals surface area contributed by atoms with E-state index in [1.165, 1.54) is 21.1 Å². The van der Waals surface area contributed by atoms with Gasteiger partial charge in [-0.3, -0.25) is 0 Å². The minimum absolute atomic E-state index is 0.370. The van der Waals surface area contributed by atoms with Crippen molar-refractivity contribution < 1.29 is 0 Å². The molecule has 1 nitrogen and oxygen atoms in total. The van der Waals surface area contributed by atoms with Gasteiger partial charge in [-0.1, -0.05) is 58.9 Å². The lowest BCUT2D eigenvalue weighted by molar-refractivity contribution is 1.15. The zero-order valence-electron chi connectivity index (χ0n) is 10.2. The number of hydrogen-bond donors (Lipinski definition) is 0. The van der Waals surface area contributed by atoms with E-state index in [4.69, 9.17) is 23.2 Å². The van der Waals surface area contributed by atoms with Crippen LogP contribution in [-0.2, 0) is 0 Å². The summed E-state index contributed by atoms with van der Waals surface area (Å²) in [4.78, 5) is 4.85. The molecule has 20 heavy (non-hydrogen) atoms. The monoisotopic (exact) mass is 337 g/mol. The highest BCUT2D eigenvalue weighted by molar-refractivity contribution is 8.22. The van der Waals surface area contributed by atoms with Gasteiger partial charge in [0.15, 0.2) is 0 Å². The molecule has 2 aliphatic rings. The summed E-state index contributed by atoms with van der Waals surface area (Å²) in [6.45, 7) is 0. The van der Waals surface area contributed by atoms with Crippen molar-refractivity contribution >= 4 is 57.3 Å². The molecule has 0 bridgehead atoms.